The Morgan fingerprint density at radius 3 is 2.38 bits per heavy atom. The number of ether oxygens (including phenoxy) is 1. The number of hydrogen-bond donors (Lipinski definition) is 1. The highest BCUT2D eigenvalue weighted by atomic mass is 16.5. The molecular weight excluding hydrogens is 162 g/mol. The summed E-state index contributed by atoms with van der Waals surface area (Å²) < 4.78 is 5.81. The van der Waals surface area contributed by atoms with Crippen LogP contribution >= 0.6 is 0 Å². The number of hydrogen-bond acceptors (Lipinski definition) is 2. The van der Waals surface area contributed by atoms with Gasteiger partial charge in [0.1, 0.15) is 0 Å². The molecule has 2 heteroatoms. The van der Waals surface area contributed by atoms with Crippen molar-refractivity contribution in [2.24, 2.45) is 5.92 Å². The molecule has 0 heterocycles. The summed E-state index contributed by atoms with van der Waals surface area (Å²) >= 11 is 0. The molecule has 78 valence electrons. The maximum Gasteiger partial charge on any atom is 0.0675 e. The van der Waals surface area contributed by atoms with Gasteiger partial charge >= 0.3 is 0 Å². The molecule has 1 atom stereocenters. The van der Waals surface area contributed by atoms with E-state index in [2.05, 4.69) is 26.1 Å². The summed E-state index contributed by atoms with van der Waals surface area (Å²) in [7, 11) is 0. The molecule has 1 rings (SSSR count). The van der Waals surface area contributed by atoms with Crippen molar-refractivity contribution in [2.75, 3.05) is 13.1 Å². The molecular formula is C11H23NO. The van der Waals surface area contributed by atoms with Crippen LogP contribution < -0.4 is 5.32 Å². The summed E-state index contributed by atoms with van der Waals surface area (Å²) in [6.45, 7) is 8.70. The molecule has 0 saturated heterocycles. The minimum Gasteiger partial charge on any atom is -0.374 e. The molecule has 0 amide bonds. The zero-order valence-electron chi connectivity index (χ0n) is 9.18. The van der Waals surface area contributed by atoms with E-state index in [1.807, 2.05) is 0 Å². The maximum atomic E-state index is 5.81. The fraction of sp³-hybridized carbons (Fsp3) is 1.00. The smallest absolute Gasteiger partial charge is 0.0675 e. The molecule has 0 aliphatic heterocycles. The largest absolute Gasteiger partial charge is 0.374 e. The summed E-state index contributed by atoms with van der Waals surface area (Å²) in [6, 6.07) is 0. The molecule has 1 N–H and O–H groups in total. The fourth-order valence-corrected chi connectivity index (χ4v) is 1.46. The molecule has 1 fully saturated rings. The Kier molecular flexibility index (Phi) is 4.74. The molecule has 1 saturated carbocycles. The third kappa shape index (κ3) is 4.63. The van der Waals surface area contributed by atoms with Crippen molar-refractivity contribution < 1.29 is 4.74 Å². The zero-order chi connectivity index (χ0) is 9.68. The van der Waals surface area contributed by atoms with Crippen LogP contribution in [-0.4, -0.2) is 25.3 Å². The average Bonchev–Trinajstić information content (AvgIpc) is 1.96. The third-order valence-electron chi connectivity index (χ3n) is 2.46. The van der Waals surface area contributed by atoms with Gasteiger partial charge in [0.25, 0.3) is 0 Å². The van der Waals surface area contributed by atoms with E-state index in [1.165, 1.54) is 19.3 Å². The van der Waals surface area contributed by atoms with E-state index in [0.29, 0.717) is 12.2 Å². The molecule has 0 radical (unpaired) electrons. The first-order valence-electron chi connectivity index (χ1n) is 5.54. The van der Waals surface area contributed by atoms with Gasteiger partial charge in [0.05, 0.1) is 12.2 Å². The van der Waals surface area contributed by atoms with Gasteiger partial charge < -0.3 is 10.1 Å². The Morgan fingerprint density at radius 1 is 1.23 bits per heavy atom. The van der Waals surface area contributed by atoms with E-state index in [0.717, 1.165) is 19.0 Å². The van der Waals surface area contributed by atoms with Crippen molar-refractivity contribution in [3.05, 3.63) is 0 Å². The van der Waals surface area contributed by atoms with E-state index >= 15 is 0 Å². The second-order valence-electron chi connectivity index (χ2n) is 4.55. The lowest BCUT2D eigenvalue weighted by Crippen LogP contribution is -2.34. The van der Waals surface area contributed by atoms with Crippen LogP contribution in [0.1, 0.15) is 40.0 Å². The van der Waals surface area contributed by atoms with Gasteiger partial charge in [0, 0.05) is 6.54 Å². The molecule has 1 aliphatic rings. The quantitative estimate of drug-likeness (QED) is 0.685. The summed E-state index contributed by atoms with van der Waals surface area (Å²) in [4.78, 5) is 0. The Morgan fingerprint density at radius 2 is 1.92 bits per heavy atom. The Hall–Kier alpha value is -0.0800. The van der Waals surface area contributed by atoms with E-state index in [-0.39, 0.29) is 0 Å². The minimum absolute atomic E-state index is 0.379. The first kappa shape index (κ1) is 11.0. The first-order valence-corrected chi connectivity index (χ1v) is 5.54. The lowest BCUT2D eigenvalue weighted by Gasteiger charge is -2.29. The predicted octanol–water partition coefficient (Wildman–Crippen LogP) is 2.19. The monoisotopic (exact) mass is 185 g/mol. The maximum absolute atomic E-state index is 5.81. The van der Waals surface area contributed by atoms with Crippen molar-refractivity contribution in [3.63, 3.8) is 0 Å². The van der Waals surface area contributed by atoms with Crippen LogP contribution in [-0.2, 0) is 4.74 Å². The second kappa shape index (κ2) is 5.61. The normalized spacial score (nSPS) is 20.3. The van der Waals surface area contributed by atoms with Gasteiger partial charge in [-0.15, -0.1) is 0 Å². The van der Waals surface area contributed by atoms with Gasteiger partial charge in [0.2, 0.25) is 0 Å². The lowest BCUT2D eigenvalue weighted by atomic mass is 9.96. The minimum atomic E-state index is 0.379. The van der Waals surface area contributed by atoms with Gasteiger partial charge in [-0.2, -0.15) is 0 Å². The topological polar surface area (TPSA) is 21.3 Å². The van der Waals surface area contributed by atoms with Crippen LogP contribution in [0, 0.1) is 5.92 Å². The summed E-state index contributed by atoms with van der Waals surface area (Å²) in [6.07, 6.45) is 4.85. The highest BCUT2D eigenvalue weighted by Gasteiger charge is 2.19. The number of rotatable bonds is 6. The molecule has 0 aromatic carbocycles. The average molecular weight is 185 g/mol. The van der Waals surface area contributed by atoms with Crippen LogP contribution in [0.4, 0.5) is 0 Å². The summed E-state index contributed by atoms with van der Waals surface area (Å²) in [5.41, 5.74) is 0. The molecule has 1 aliphatic carbocycles. The zero-order valence-corrected chi connectivity index (χ0v) is 9.18. The van der Waals surface area contributed by atoms with Crippen LogP contribution in [0.15, 0.2) is 0 Å². The molecule has 1 unspecified atom stereocenters. The van der Waals surface area contributed by atoms with Crippen molar-refractivity contribution >= 4 is 0 Å². The second-order valence-corrected chi connectivity index (χ2v) is 4.55. The van der Waals surface area contributed by atoms with Gasteiger partial charge in [-0.05, 0) is 38.6 Å². The Labute approximate surface area is 82.0 Å². The summed E-state index contributed by atoms with van der Waals surface area (Å²) in [5, 5.41) is 3.41. The van der Waals surface area contributed by atoms with Gasteiger partial charge in [-0.3, -0.25) is 0 Å². The highest BCUT2D eigenvalue weighted by molar-refractivity contribution is 4.71. The molecule has 2 nitrogen and oxygen atoms in total. The molecule has 0 aromatic rings. The van der Waals surface area contributed by atoms with E-state index in [4.69, 9.17) is 4.74 Å². The highest BCUT2D eigenvalue weighted by Crippen LogP contribution is 2.22. The molecule has 0 bridgehead atoms. The van der Waals surface area contributed by atoms with Crippen molar-refractivity contribution in [2.45, 2.75) is 52.2 Å². The van der Waals surface area contributed by atoms with Crippen molar-refractivity contribution in [1.29, 1.82) is 0 Å². The Balaban J connectivity index is 1.93. The van der Waals surface area contributed by atoms with E-state index in [9.17, 15) is 0 Å². The fourth-order valence-electron chi connectivity index (χ4n) is 1.46. The SMILES string of the molecule is CC(C)CNCC(C)OC1CCC1. The number of nitrogens with one attached hydrogen (secondary N) is 1. The standard InChI is InChI=1S/C11H23NO/c1-9(2)7-12-8-10(3)13-11-5-4-6-11/h9-12H,4-8H2,1-3H3. The summed E-state index contributed by atoms with van der Waals surface area (Å²) in [5.74, 6) is 0.732. The van der Waals surface area contributed by atoms with Gasteiger partial charge in [-0.1, -0.05) is 13.8 Å². The first-order chi connectivity index (χ1) is 6.18. The van der Waals surface area contributed by atoms with Gasteiger partial charge in [-0.25, -0.2) is 0 Å². The lowest BCUT2D eigenvalue weighted by molar-refractivity contribution is -0.0419. The van der Waals surface area contributed by atoms with Crippen LogP contribution in [0.3, 0.4) is 0 Å². The Bertz CT molecular complexity index is 132. The van der Waals surface area contributed by atoms with E-state index < -0.39 is 0 Å². The van der Waals surface area contributed by atoms with Crippen molar-refractivity contribution in [3.8, 4) is 0 Å². The molecule has 0 aromatic heterocycles. The van der Waals surface area contributed by atoms with Crippen LogP contribution in [0.25, 0.3) is 0 Å². The van der Waals surface area contributed by atoms with Crippen molar-refractivity contribution in [1.82, 2.24) is 5.32 Å². The molecule has 13 heavy (non-hydrogen) atoms. The molecule has 0 spiro atoms. The van der Waals surface area contributed by atoms with Crippen LogP contribution in [0.5, 0.6) is 0 Å². The van der Waals surface area contributed by atoms with E-state index in [1.54, 1.807) is 0 Å². The van der Waals surface area contributed by atoms with Crippen LogP contribution in [0.2, 0.25) is 0 Å². The predicted molar refractivity (Wildman–Crippen MR) is 55.9 cm³/mol. The third-order valence-corrected chi connectivity index (χ3v) is 2.46. The van der Waals surface area contributed by atoms with Gasteiger partial charge in [0.15, 0.2) is 0 Å².